The predicted molar refractivity (Wildman–Crippen MR) is 463 cm³/mol. The Hall–Kier alpha value is -13.1. The minimum absolute atomic E-state index is 0. The molecule has 0 amide bonds. The molecule has 0 spiro atoms. The van der Waals surface area contributed by atoms with E-state index in [0.29, 0.717) is 0 Å². The summed E-state index contributed by atoms with van der Waals surface area (Å²) in [5, 5.41) is 6.69. The maximum Gasteiger partial charge on any atom is 0.123 e. The van der Waals surface area contributed by atoms with Gasteiger partial charge < -0.3 is 43.2 Å². The molecular formula is C105H72Ir3N6O3-6. The Bertz CT molecular complexity index is 6430. The first-order valence-electron chi connectivity index (χ1n) is 37.5. The van der Waals surface area contributed by atoms with Crippen LogP contribution in [0.3, 0.4) is 0 Å². The van der Waals surface area contributed by atoms with Crippen LogP contribution in [-0.4, -0.2) is 29.9 Å². The number of benzene rings is 12. The smallest absolute Gasteiger partial charge is 0.123 e. The molecule has 21 aromatic rings. The van der Waals surface area contributed by atoms with E-state index < -0.39 is 0 Å². The van der Waals surface area contributed by atoms with Gasteiger partial charge in [0.15, 0.2) is 0 Å². The van der Waals surface area contributed by atoms with E-state index in [9.17, 15) is 0 Å². The third-order valence-electron chi connectivity index (χ3n) is 19.3. The molecule has 12 heteroatoms. The summed E-state index contributed by atoms with van der Waals surface area (Å²) < 4.78 is 17.6. The fourth-order valence-electron chi connectivity index (χ4n) is 13.6. The molecule has 0 fully saturated rings. The summed E-state index contributed by atoms with van der Waals surface area (Å²) in [5.41, 5.74) is 27.7. The molecule has 9 aromatic heterocycles. The standard InChI is InChI=1S/3C18H14N.3C17H10NO.3Ir/c3*1-14-12-18(16-10-6-3-7-11-16)19-13-17(14)15-8-4-2-5-9-15;1-2-10-16-12(6-1)13-7-5-8-14(17(13)19-16)15-9-3-4-11-18-15;1-2-7-16-13(5-1)14-11-12(8-9-17(14)19-16)15-6-3-4-10-18-15;1-2-7-16-13(5-1)14-9-8-12(11-17(14)19-16)15-6-3-4-10-18-15;;;/h3*2-10,12-13H,1H3;3*1-7,9-11H;;;/q6*-1;;;. The van der Waals surface area contributed by atoms with Gasteiger partial charge in [-0.2, -0.15) is 0 Å². The molecule has 573 valence electrons. The fourth-order valence-corrected chi connectivity index (χ4v) is 13.6. The molecule has 0 aliphatic rings. The van der Waals surface area contributed by atoms with Crippen molar-refractivity contribution in [1.82, 2.24) is 29.9 Å². The molecule has 12 aromatic carbocycles. The van der Waals surface area contributed by atoms with Gasteiger partial charge in [-0.3, -0.25) is 0 Å². The van der Waals surface area contributed by atoms with E-state index >= 15 is 0 Å². The molecule has 0 bridgehead atoms. The number of hydrogen-bond donors (Lipinski definition) is 0. The van der Waals surface area contributed by atoms with Gasteiger partial charge in [0.2, 0.25) is 0 Å². The molecule has 3 radical (unpaired) electrons. The van der Waals surface area contributed by atoms with Gasteiger partial charge in [-0.15, -0.1) is 167 Å². The van der Waals surface area contributed by atoms with Crippen LogP contribution >= 0.6 is 0 Å². The van der Waals surface area contributed by atoms with E-state index in [4.69, 9.17) is 13.3 Å². The number of para-hydroxylation sites is 3. The van der Waals surface area contributed by atoms with Gasteiger partial charge in [0.05, 0.1) is 16.7 Å². The number of aromatic nitrogens is 6. The average molecular weight is 2040 g/mol. The molecule has 0 unspecified atom stereocenters. The summed E-state index contributed by atoms with van der Waals surface area (Å²) in [6, 6.07) is 134. The SMILES string of the molecule is Cc1cc(-c2[c-]cccc2)ncc1-c1ccccc1.Cc1cc(-c2[c-]cccc2)ncc1-c1ccccc1.Cc1cc(-c2[c-]cccc2)ncc1-c1ccccc1.[Ir].[Ir].[Ir].[c-]1cc2c(cc1-c1ccccn1)oc1ccccc12.[c-]1cc2oc3ccccc3c2cc1-c1ccccn1.[c-]1ccc2c(oc3ccccc32)c1-c1ccccn1. The number of fused-ring (bicyclic) bond motifs is 9. The van der Waals surface area contributed by atoms with Gasteiger partial charge in [-0.05, 0) is 130 Å². The number of furan rings is 3. The molecule has 0 atom stereocenters. The van der Waals surface area contributed by atoms with E-state index in [2.05, 4.69) is 166 Å². The molecule has 0 aliphatic heterocycles. The van der Waals surface area contributed by atoms with Crippen LogP contribution < -0.4 is 0 Å². The van der Waals surface area contributed by atoms with Crippen LogP contribution in [0.2, 0.25) is 0 Å². The van der Waals surface area contributed by atoms with Crippen molar-refractivity contribution < 1.29 is 73.6 Å². The Balaban J connectivity index is 0.000000121. The normalized spacial score (nSPS) is 10.5. The van der Waals surface area contributed by atoms with Crippen molar-refractivity contribution in [2.75, 3.05) is 0 Å². The van der Waals surface area contributed by atoms with Gasteiger partial charge in [-0.1, -0.05) is 228 Å². The van der Waals surface area contributed by atoms with Crippen LogP contribution in [-0.2, 0) is 60.3 Å². The molecule has 0 saturated carbocycles. The Kier molecular flexibility index (Phi) is 27.8. The Morgan fingerprint density at radius 2 is 0.598 bits per heavy atom. The van der Waals surface area contributed by atoms with E-state index in [1.807, 2.05) is 286 Å². The quantitative estimate of drug-likeness (QED) is 0.130. The van der Waals surface area contributed by atoms with Gasteiger partial charge in [0.1, 0.15) is 16.7 Å². The third kappa shape index (κ3) is 19.6. The Labute approximate surface area is 721 Å². The summed E-state index contributed by atoms with van der Waals surface area (Å²) in [5.74, 6) is 0. The molecule has 0 N–H and O–H groups in total. The van der Waals surface area contributed by atoms with Crippen LogP contribution in [0.25, 0.3) is 167 Å². The summed E-state index contributed by atoms with van der Waals surface area (Å²) in [6.07, 6.45) is 11.2. The minimum atomic E-state index is 0. The van der Waals surface area contributed by atoms with E-state index in [0.717, 1.165) is 133 Å². The molecule has 0 aliphatic carbocycles. The summed E-state index contributed by atoms with van der Waals surface area (Å²) >= 11 is 0. The third-order valence-corrected chi connectivity index (χ3v) is 19.3. The van der Waals surface area contributed by atoms with Crippen molar-refractivity contribution in [3.8, 4) is 101 Å². The van der Waals surface area contributed by atoms with Crippen molar-refractivity contribution in [2.45, 2.75) is 20.8 Å². The largest absolute Gasteiger partial charge is 0.501 e. The van der Waals surface area contributed by atoms with Crippen molar-refractivity contribution in [2.24, 2.45) is 0 Å². The zero-order valence-electron chi connectivity index (χ0n) is 63.8. The first-order chi connectivity index (χ1) is 56.3. The van der Waals surface area contributed by atoms with Gasteiger partial charge in [-0.25, -0.2) is 0 Å². The van der Waals surface area contributed by atoms with Gasteiger partial charge >= 0.3 is 0 Å². The van der Waals surface area contributed by atoms with Crippen molar-refractivity contribution >= 4 is 65.8 Å². The van der Waals surface area contributed by atoms with Crippen LogP contribution in [0.5, 0.6) is 0 Å². The van der Waals surface area contributed by atoms with E-state index in [1.165, 1.54) is 50.1 Å². The number of nitrogens with zero attached hydrogens (tertiary/aromatic N) is 6. The van der Waals surface area contributed by atoms with Gasteiger partial charge in [0, 0.05) is 125 Å². The second-order valence-electron chi connectivity index (χ2n) is 26.9. The Morgan fingerprint density at radius 3 is 1.02 bits per heavy atom. The summed E-state index contributed by atoms with van der Waals surface area (Å²) in [4.78, 5) is 26.7. The molecule has 9 heterocycles. The van der Waals surface area contributed by atoms with E-state index in [1.54, 1.807) is 18.6 Å². The number of rotatable bonds is 9. The number of pyridine rings is 6. The Morgan fingerprint density at radius 1 is 0.231 bits per heavy atom. The molecule has 21 rings (SSSR count). The predicted octanol–water partition coefficient (Wildman–Crippen LogP) is 26.9. The zero-order chi connectivity index (χ0) is 77.2. The number of hydrogen-bond acceptors (Lipinski definition) is 9. The van der Waals surface area contributed by atoms with E-state index in [-0.39, 0.29) is 60.3 Å². The number of aryl methyl sites for hydroxylation is 3. The first-order valence-corrected chi connectivity index (χ1v) is 37.5. The van der Waals surface area contributed by atoms with Crippen LogP contribution in [0.15, 0.2) is 396 Å². The maximum absolute atomic E-state index is 5.97. The maximum atomic E-state index is 5.97. The van der Waals surface area contributed by atoms with Gasteiger partial charge in [0.25, 0.3) is 0 Å². The molecule has 9 nitrogen and oxygen atoms in total. The molecular weight excluding hydrogens is 1970 g/mol. The fraction of sp³-hybridized carbons (Fsp3) is 0.0286. The second-order valence-corrected chi connectivity index (χ2v) is 26.9. The van der Waals surface area contributed by atoms with Crippen molar-refractivity contribution in [3.63, 3.8) is 0 Å². The monoisotopic (exact) mass is 2040 g/mol. The van der Waals surface area contributed by atoms with Crippen molar-refractivity contribution in [1.29, 1.82) is 0 Å². The van der Waals surface area contributed by atoms with Crippen LogP contribution in [0, 0.1) is 57.2 Å². The average Bonchev–Trinajstić information content (AvgIpc) is 1.63. The minimum Gasteiger partial charge on any atom is -0.501 e. The topological polar surface area (TPSA) is 117 Å². The zero-order valence-corrected chi connectivity index (χ0v) is 71.0. The van der Waals surface area contributed by atoms with Crippen LogP contribution in [0.4, 0.5) is 0 Å². The molecule has 0 saturated heterocycles. The molecule has 117 heavy (non-hydrogen) atoms. The van der Waals surface area contributed by atoms with Crippen LogP contribution in [0.1, 0.15) is 16.7 Å². The summed E-state index contributed by atoms with van der Waals surface area (Å²) in [6.45, 7) is 6.36. The van der Waals surface area contributed by atoms with Crippen molar-refractivity contribution in [3.05, 3.63) is 436 Å². The first kappa shape index (κ1) is 81.9. The summed E-state index contributed by atoms with van der Waals surface area (Å²) in [7, 11) is 0. The second kappa shape index (κ2) is 39.8.